The van der Waals surface area contributed by atoms with Gasteiger partial charge in [0.05, 0.1) is 6.54 Å². The molecule has 128 valence electrons. The fraction of sp³-hybridized carbons (Fsp3) is 0.300. The third-order valence-electron chi connectivity index (χ3n) is 4.66. The van der Waals surface area contributed by atoms with Crippen LogP contribution < -0.4 is 5.32 Å². The summed E-state index contributed by atoms with van der Waals surface area (Å²) in [4.78, 5) is 19.1. The SMILES string of the molecule is O=C(NC1CCN(Cc2nc3ccccc3o2)CC1)c1ccccc1. The number of aromatic nitrogens is 1. The Kier molecular flexibility index (Phi) is 4.48. The fourth-order valence-electron chi connectivity index (χ4n) is 3.27. The minimum absolute atomic E-state index is 0.0120. The molecule has 0 spiro atoms. The molecule has 0 saturated carbocycles. The van der Waals surface area contributed by atoms with Gasteiger partial charge < -0.3 is 9.73 Å². The van der Waals surface area contributed by atoms with Gasteiger partial charge in [0.2, 0.25) is 5.89 Å². The second-order valence-electron chi connectivity index (χ2n) is 6.47. The summed E-state index contributed by atoms with van der Waals surface area (Å²) in [5.74, 6) is 0.769. The summed E-state index contributed by atoms with van der Waals surface area (Å²) in [6.45, 7) is 2.57. The van der Waals surface area contributed by atoms with E-state index in [-0.39, 0.29) is 11.9 Å². The second-order valence-corrected chi connectivity index (χ2v) is 6.47. The van der Waals surface area contributed by atoms with Crippen LogP contribution >= 0.6 is 0 Å². The van der Waals surface area contributed by atoms with E-state index in [1.54, 1.807) is 0 Å². The molecule has 3 aromatic rings. The number of piperidine rings is 1. The number of nitrogens with one attached hydrogen (secondary N) is 1. The molecule has 0 unspecified atom stereocenters. The molecule has 25 heavy (non-hydrogen) atoms. The van der Waals surface area contributed by atoms with Gasteiger partial charge in [0.1, 0.15) is 5.52 Å². The molecule has 4 rings (SSSR count). The summed E-state index contributed by atoms with van der Waals surface area (Å²) in [7, 11) is 0. The van der Waals surface area contributed by atoms with Crippen molar-refractivity contribution in [2.75, 3.05) is 13.1 Å². The van der Waals surface area contributed by atoms with Crippen molar-refractivity contribution in [2.24, 2.45) is 0 Å². The number of oxazole rings is 1. The number of amides is 1. The van der Waals surface area contributed by atoms with Crippen molar-refractivity contribution in [2.45, 2.75) is 25.4 Å². The Labute approximate surface area is 146 Å². The van der Waals surface area contributed by atoms with Gasteiger partial charge in [-0.1, -0.05) is 30.3 Å². The Morgan fingerprint density at radius 3 is 2.56 bits per heavy atom. The Balaban J connectivity index is 1.30. The Morgan fingerprint density at radius 1 is 1.08 bits per heavy atom. The highest BCUT2D eigenvalue weighted by Gasteiger charge is 2.22. The molecule has 1 aliphatic heterocycles. The molecule has 5 heteroatoms. The van der Waals surface area contributed by atoms with Crippen molar-refractivity contribution in [1.29, 1.82) is 0 Å². The maximum atomic E-state index is 12.2. The number of likely N-dealkylation sites (tertiary alicyclic amines) is 1. The number of benzene rings is 2. The van der Waals surface area contributed by atoms with Gasteiger partial charge in [-0.3, -0.25) is 9.69 Å². The highest BCUT2D eigenvalue weighted by Crippen LogP contribution is 2.18. The van der Waals surface area contributed by atoms with Crippen LogP contribution in [0.4, 0.5) is 0 Å². The lowest BCUT2D eigenvalue weighted by Gasteiger charge is -2.31. The van der Waals surface area contributed by atoms with Gasteiger partial charge in [-0.25, -0.2) is 4.98 Å². The molecule has 1 aromatic heterocycles. The van der Waals surface area contributed by atoms with Crippen LogP contribution in [0.1, 0.15) is 29.1 Å². The number of carbonyl (C=O) groups is 1. The molecule has 1 fully saturated rings. The quantitative estimate of drug-likeness (QED) is 0.795. The van der Waals surface area contributed by atoms with Crippen LogP contribution in [0.3, 0.4) is 0 Å². The van der Waals surface area contributed by atoms with Crippen LogP contribution in [0.2, 0.25) is 0 Å². The first-order chi connectivity index (χ1) is 12.3. The topological polar surface area (TPSA) is 58.4 Å². The number of nitrogens with zero attached hydrogens (tertiary/aromatic N) is 2. The molecular weight excluding hydrogens is 314 g/mol. The Morgan fingerprint density at radius 2 is 1.80 bits per heavy atom. The molecule has 0 atom stereocenters. The van der Waals surface area contributed by atoms with Gasteiger partial charge in [-0.15, -0.1) is 0 Å². The molecule has 2 heterocycles. The van der Waals surface area contributed by atoms with E-state index in [2.05, 4.69) is 15.2 Å². The van der Waals surface area contributed by atoms with Crippen molar-refractivity contribution in [3.05, 3.63) is 66.1 Å². The maximum Gasteiger partial charge on any atom is 0.251 e. The Hall–Kier alpha value is -2.66. The number of para-hydroxylation sites is 2. The maximum absolute atomic E-state index is 12.2. The van der Waals surface area contributed by atoms with Crippen molar-refractivity contribution in [1.82, 2.24) is 15.2 Å². The van der Waals surface area contributed by atoms with Crippen LogP contribution in [0.5, 0.6) is 0 Å². The second kappa shape index (κ2) is 7.07. The minimum Gasteiger partial charge on any atom is -0.439 e. The predicted molar refractivity (Wildman–Crippen MR) is 96.2 cm³/mol. The highest BCUT2D eigenvalue weighted by atomic mass is 16.3. The third-order valence-corrected chi connectivity index (χ3v) is 4.66. The molecule has 1 saturated heterocycles. The van der Waals surface area contributed by atoms with Crippen molar-refractivity contribution < 1.29 is 9.21 Å². The summed E-state index contributed by atoms with van der Waals surface area (Å²) >= 11 is 0. The van der Waals surface area contributed by atoms with Crippen molar-refractivity contribution >= 4 is 17.0 Å². The third kappa shape index (κ3) is 3.72. The number of hydrogen-bond acceptors (Lipinski definition) is 4. The van der Waals surface area contributed by atoms with Crippen LogP contribution in [0, 0.1) is 0 Å². The largest absolute Gasteiger partial charge is 0.439 e. The normalized spacial score (nSPS) is 16.2. The monoisotopic (exact) mass is 335 g/mol. The van der Waals surface area contributed by atoms with Gasteiger partial charge >= 0.3 is 0 Å². The van der Waals surface area contributed by atoms with E-state index < -0.39 is 0 Å². The van der Waals surface area contributed by atoms with Crippen LogP contribution in [0.15, 0.2) is 59.0 Å². The predicted octanol–water partition coefficient (Wildman–Crippen LogP) is 3.22. The number of rotatable bonds is 4. The van der Waals surface area contributed by atoms with Crippen LogP contribution in [-0.2, 0) is 6.54 Å². The standard InChI is InChI=1S/C20H21N3O2/c24-20(15-6-2-1-3-7-15)21-16-10-12-23(13-11-16)14-19-22-17-8-4-5-9-18(17)25-19/h1-9,16H,10-14H2,(H,21,24). The van der Waals surface area contributed by atoms with E-state index in [4.69, 9.17) is 4.42 Å². The average Bonchev–Trinajstić information content (AvgIpc) is 3.06. The summed E-state index contributed by atoms with van der Waals surface area (Å²) in [6, 6.07) is 17.4. The fourth-order valence-corrected chi connectivity index (χ4v) is 3.27. The zero-order valence-corrected chi connectivity index (χ0v) is 14.0. The summed E-state index contributed by atoms with van der Waals surface area (Å²) in [5, 5.41) is 3.14. The first-order valence-electron chi connectivity index (χ1n) is 8.71. The number of hydrogen-bond donors (Lipinski definition) is 1. The lowest BCUT2D eigenvalue weighted by molar-refractivity contribution is 0.0906. The molecule has 0 bridgehead atoms. The summed E-state index contributed by atoms with van der Waals surface area (Å²) in [5.41, 5.74) is 2.46. The summed E-state index contributed by atoms with van der Waals surface area (Å²) in [6.07, 6.45) is 1.89. The molecule has 2 aromatic carbocycles. The molecule has 0 aliphatic carbocycles. The van der Waals surface area contributed by atoms with Gasteiger partial charge in [-0.05, 0) is 37.1 Å². The van der Waals surface area contributed by atoms with E-state index in [1.165, 1.54) is 0 Å². The molecule has 0 radical (unpaired) electrons. The van der Waals surface area contributed by atoms with Gasteiger partial charge in [0, 0.05) is 24.7 Å². The van der Waals surface area contributed by atoms with E-state index >= 15 is 0 Å². The lowest BCUT2D eigenvalue weighted by Crippen LogP contribution is -2.44. The Bertz CT molecular complexity index is 819. The minimum atomic E-state index is 0.0120. The van der Waals surface area contributed by atoms with Crippen molar-refractivity contribution in [3.8, 4) is 0 Å². The summed E-state index contributed by atoms with van der Waals surface area (Å²) < 4.78 is 5.80. The zero-order valence-electron chi connectivity index (χ0n) is 14.0. The smallest absolute Gasteiger partial charge is 0.251 e. The lowest BCUT2D eigenvalue weighted by atomic mass is 10.0. The van der Waals surface area contributed by atoms with Gasteiger partial charge in [0.15, 0.2) is 5.58 Å². The average molecular weight is 335 g/mol. The van der Waals surface area contributed by atoms with E-state index in [9.17, 15) is 4.79 Å². The number of carbonyl (C=O) groups excluding carboxylic acids is 1. The zero-order chi connectivity index (χ0) is 17.1. The molecule has 1 aliphatic rings. The van der Waals surface area contributed by atoms with E-state index in [0.29, 0.717) is 6.54 Å². The van der Waals surface area contributed by atoms with Gasteiger partial charge in [-0.2, -0.15) is 0 Å². The van der Waals surface area contributed by atoms with Crippen LogP contribution in [0.25, 0.3) is 11.1 Å². The van der Waals surface area contributed by atoms with Crippen molar-refractivity contribution in [3.63, 3.8) is 0 Å². The molecular formula is C20H21N3O2. The number of fused-ring (bicyclic) bond motifs is 1. The first-order valence-corrected chi connectivity index (χ1v) is 8.71. The van der Waals surface area contributed by atoms with E-state index in [1.807, 2.05) is 54.6 Å². The van der Waals surface area contributed by atoms with Crippen LogP contribution in [-0.4, -0.2) is 34.9 Å². The van der Waals surface area contributed by atoms with E-state index in [0.717, 1.165) is 48.5 Å². The molecule has 5 nitrogen and oxygen atoms in total. The molecule has 1 amide bonds. The first kappa shape index (κ1) is 15.8. The highest BCUT2D eigenvalue weighted by molar-refractivity contribution is 5.94. The molecule has 1 N–H and O–H groups in total. The van der Waals surface area contributed by atoms with Gasteiger partial charge in [0.25, 0.3) is 5.91 Å².